The van der Waals surface area contributed by atoms with E-state index >= 15 is 0 Å². The Morgan fingerprint density at radius 2 is 2.06 bits per heavy atom. The number of rotatable bonds is 3. The van der Waals surface area contributed by atoms with Gasteiger partial charge in [0.15, 0.2) is 0 Å². The molecule has 98 valence electrons. The lowest BCUT2D eigenvalue weighted by Crippen LogP contribution is -2.50. The molecule has 0 spiro atoms. The Labute approximate surface area is 106 Å². The van der Waals surface area contributed by atoms with E-state index in [9.17, 15) is 0 Å². The summed E-state index contributed by atoms with van der Waals surface area (Å²) in [6.07, 6.45) is 5.01. The van der Waals surface area contributed by atoms with Gasteiger partial charge in [-0.3, -0.25) is 4.90 Å². The van der Waals surface area contributed by atoms with Crippen molar-refractivity contribution >= 4 is 0 Å². The van der Waals surface area contributed by atoms with E-state index in [1.54, 1.807) is 5.57 Å². The Morgan fingerprint density at radius 3 is 2.65 bits per heavy atom. The average Bonchev–Trinajstić information content (AvgIpc) is 2.39. The van der Waals surface area contributed by atoms with Gasteiger partial charge in [0.25, 0.3) is 0 Å². The zero-order valence-electron chi connectivity index (χ0n) is 11.6. The van der Waals surface area contributed by atoms with Gasteiger partial charge in [-0.15, -0.1) is 0 Å². The highest BCUT2D eigenvalue weighted by atomic mass is 15.2. The molecule has 0 aromatic carbocycles. The van der Waals surface area contributed by atoms with Gasteiger partial charge >= 0.3 is 0 Å². The highest BCUT2D eigenvalue weighted by Gasteiger charge is 2.30. The second kappa shape index (κ2) is 5.87. The van der Waals surface area contributed by atoms with Gasteiger partial charge in [0.1, 0.15) is 0 Å². The lowest BCUT2D eigenvalue weighted by molar-refractivity contribution is 0.122. The summed E-state index contributed by atoms with van der Waals surface area (Å²) in [5.41, 5.74) is 3.11. The van der Waals surface area contributed by atoms with Crippen molar-refractivity contribution in [2.24, 2.45) is 0 Å². The molecule has 2 rings (SSSR count). The van der Waals surface area contributed by atoms with Crippen LogP contribution in [0.4, 0.5) is 0 Å². The Balaban J connectivity index is 2.09. The van der Waals surface area contributed by atoms with Crippen LogP contribution in [0.15, 0.2) is 11.3 Å². The normalized spacial score (nSPS) is 28.5. The zero-order chi connectivity index (χ0) is 12.3. The molecule has 3 nitrogen and oxygen atoms in total. The quantitative estimate of drug-likeness (QED) is 0.782. The predicted octanol–water partition coefficient (Wildman–Crippen LogP) is 1.72. The molecule has 2 aliphatic heterocycles. The van der Waals surface area contributed by atoms with E-state index in [1.165, 1.54) is 51.0 Å². The topological polar surface area (TPSA) is 27.3 Å². The number of nitrogens with zero attached hydrogens (tertiary/aromatic N) is 1. The van der Waals surface area contributed by atoms with Crippen molar-refractivity contribution in [2.45, 2.75) is 51.6 Å². The highest BCUT2D eigenvalue weighted by Crippen LogP contribution is 2.28. The molecule has 0 amide bonds. The van der Waals surface area contributed by atoms with Gasteiger partial charge in [-0.1, -0.05) is 6.92 Å². The van der Waals surface area contributed by atoms with E-state index in [0.29, 0.717) is 6.04 Å². The van der Waals surface area contributed by atoms with Gasteiger partial charge in [0.05, 0.1) is 0 Å². The molecule has 3 heteroatoms. The molecule has 1 atom stereocenters. The van der Waals surface area contributed by atoms with E-state index in [4.69, 9.17) is 0 Å². The van der Waals surface area contributed by atoms with Gasteiger partial charge in [0.2, 0.25) is 0 Å². The third-order valence-electron chi connectivity index (χ3n) is 4.47. The summed E-state index contributed by atoms with van der Waals surface area (Å²) in [5.74, 6) is 0. The van der Waals surface area contributed by atoms with Crippen LogP contribution in [-0.4, -0.2) is 43.7 Å². The Bertz CT molecular complexity index is 279. The first-order valence-electron chi connectivity index (χ1n) is 7.14. The molecule has 2 heterocycles. The van der Waals surface area contributed by atoms with Crippen LogP contribution in [0.1, 0.15) is 39.5 Å². The minimum Gasteiger partial charge on any atom is -0.391 e. The van der Waals surface area contributed by atoms with Crippen LogP contribution in [0.5, 0.6) is 0 Å². The highest BCUT2D eigenvalue weighted by molar-refractivity contribution is 5.21. The van der Waals surface area contributed by atoms with Gasteiger partial charge in [-0.2, -0.15) is 0 Å². The summed E-state index contributed by atoms with van der Waals surface area (Å²) in [4.78, 5) is 2.74. The van der Waals surface area contributed by atoms with Gasteiger partial charge in [-0.05, 0) is 51.3 Å². The van der Waals surface area contributed by atoms with Crippen LogP contribution >= 0.6 is 0 Å². The largest absolute Gasteiger partial charge is 0.391 e. The summed E-state index contributed by atoms with van der Waals surface area (Å²) in [6, 6.07) is 1.42. The molecule has 0 unspecified atom stereocenters. The van der Waals surface area contributed by atoms with Crippen molar-refractivity contribution in [1.82, 2.24) is 15.5 Å². The molecule has 2 N–H and O–H groups in total. The lowest BCUT2D eigenvalue weighted by Gasteiger charge is -2.43. The van der Waals surface area contributed by atoms with Crippen molar-refractivity contribution in [3.05, 3.63) is 11.3 Å². The lowest BCUT2D eigenvalue weighted by atomic mass is 9.92. The van der Waals surface area contributed by atoms with Crippen molar-refractivity contribution in [1.29, 1.82) is 0 Å². The maximum absolute atomic E-state index is 3.46. The monoisotopic (exact) mass is 237 g/mol. The van der Waals surface area contributed by atoms with Crippen LogP contribution in [-0.2, 0) is 0 Å². The third kappa shape index (κ3) is 2.66. The van der Waals surface area contributed by atoms with E-state index in [-0.39, 0.29) is 0 Å². The molecule has 1 saturated heterocycles. The zero-order valence-corrected chi connectivity index (χ0v) is 11.6. The molecule has 0 radical (unpaired) electrons. The summed E-state index contributed by atoms with van der Waals surface area (Å²) in [7, 11) is 2.07. The minimum absolute atomic E-state index is 0.624. The molecule has 0 aromatic heterocycles. The minimum atomic E-state index is 0.624. The maximum atomic E-state index is 3.46. The van der Waals surface area contributed by atoms with E-state index in [1.807, 2.05) is 0 Å². The van der Waals surface area contributed by atoms with Crippen molar-refractivity contribution in [3.8, 4) is 0 Å². The van der Waals surface area contributed by atoms with Crippen molar-refractivity contribution in [3.63, 3.8) is 0 Å². The van der Waals surface area contributed by atoms with Crippen LogP contribution in [0.2, 0.25) is 0 Å². The Morgan fingerprint density at radius 1 is 1.35 bits per heavy atom. The SMILES string of the molecule is CCC1=C(NC)CCN(C2CCNCC2)[C@@H]1C. The molecular weight excluding hydrogens is 210 g/mol. The fourth-order valence-corrected chi connectivity index (χ4v) is 3.48. The average molecular weight is 237 g/mol. The third-order valence-corrected chi connectivity index (χ3v) is 4.47. The van der Waals surface area contributed by atoms with E-state index < -0.39 is 0 Å². The van der Waals surface area contributed by atoms with E-state index in [2.05, 4.69) is 36.4 Å². The van der Waals surface area contributed by atoms with Crippen LogP contribution < -0.4 is 10.6 Å². The summed E-state index contributed by atoms with van der Waals surface area (Å²) >= 11 is 0. The summed E-state index contributed by atoms with van der Waals surface area (Å²) < 4.78 is 0. The second-order valence-corrected chi connectivity index (χ2v) is 5.25. The molecule has 1 fully saturated rings. The predicted molar refractivity (Wildman–Crippen MR) is 73.1 cm³/mol. The van der Waals surface area contributed by atoms with Crippen LogP contribution in [0.3, 0.4) is 0 Å². The Hall–Kier alpha value is -0.540. The standard InChI is InChI=1S/C14H27N3/c1-4-13-11(2)17(10-7-14(13)15-3)12-5-8-16-9-6-12/h11-12,15-16H,4-10H2,1-3H3/t11-/m1/s1. The van der Waals surface area contributed by atoms with E-state index in [0.717, 1.165) is 6.04 Å². The van der Waals surface area contributed by atoms with Crippen molar-refractivity contribution in [2.75, 3.05) is 26.7 Å². The molecule has 0 saturated carbocycles. The summed E-state index contributed by atoms with van der Waals surface area (Å²) in [6.45, 7) is 8.29. The number of nitrogens with one attached hydrogen (secondary N) is 2. The van der Waals surface area contributed by atoms with Gasteiger partial charge in [0, 0.05) is 31.4 Å². The smallest absolute Gasteiger partial charge is 0.0302 e. The first-order valence-corrected chi connectivity index (χ1v) is 7.14. The first kappa shape index (κ1) is 12.9. The van der Waals surface area contributed by atoms with Gasteiger partial charge < -0.3 is 10.6 Å². The number of hydrogen-bond donors (Lipinski definition) is 2. The first-order chi connectivity index (χ1) is 8.27. The molecule has 0 aliphatic carbocycles. The maximum Gasteiger partial charge on any atom is 0.0302 e. The number of piperidine rings is 1. The van der Waals surface area contributed by atoms with Gasteiger partial charge in [-0.25, -0.2) is 0 Å². The number of hydrogen-bond acceptors (Lipinski definition) is 3. The van der Waals surface area contributed by atoms with Crippen LogP contribution in [0, 0.1) is 0 Å². The Kier molecular flexibility index (Phi) is 4.46. The van der Waals surface area contributed by atoms with Crippen LogP contribution in [0.25, 0.3) is 0 Å². The molecule has 2 aliphatic rings. The summed E-state index contributed by atoms with van der Waals surface area (Å²) in [5, 5.41) is 6.86. The fraction of sp³-hybridized carbons (Fsp3) is 0.857. The molecule has 0 aromatic rings. The fourth-order valence-electron chi connectivity index (χ4n) is 3.48. The molecule has 0 bridgehead atoms. The van der Waals surface area contributed by atoms with Crippen molar-refractivity contribution < 1.29 is 0 Å². The molecule has 17 heavy (non-hydrogen) atoms. The second-order valence-electron chi connectivity index (χ2n) is 5.25. The molecular formula is C14H27N3.